The Morgan fingerprint density at radius 1 is 1.24 bits per heavy atom. The molecule has 6 nitrogen and oxygen atoms in total. The van der Waals surface area contributed by atoms with Crippen LogP contribution in [0.1, 0.15) is 40.0 Å². The minimum absolute atomic E-state index is 0.0274. The maximum absolute atomic E-state index is 12.7. The summed E-state index contributed by atoms with van der Waals surface area (Å²) in [7, 11) is -3.07. The van der Waals surface area contributed by atoms with Crippen LogP contribution >= 0.6 is 0 Å². The smallest absolute Gasteiger partial charge is 0.248 e. The Balaban J connectivity index is 2.22. The molecule has 1 atom stereocenters. The van der Waals surface area contributed by atoms with E-state index in [2.05, 4.69) is 5.32 Å². The molecule has 1 N–H and O–H groups in total. The van der Waals surface area contributed by atoms with Crippen LogP contribution in [0.2, 0.25) is 0 Å². The van der Waals surface area contributed by atoms with Crippen LogP contribution in [0.15, 0.2) is 0 Å². The lowest BCUT2D eigenvalue weighted by Gasteiger charge is -2.49. The molecule has 2 rings (SSSR count). The predicted octanol–water partition coefficient (Wildman–Crippen LogP) is 0.327. The SMILES string of the molecule is CC1(C)NC(=O)C(C)(C2CC2)N(CCCS(C)(=O)=O)C1=O. The van der Waals surface area contributed by atoms with Crippen LogP contribution in [0.25, 0.3) is 0 Å². The van der Waals surface area contributed by atoms with Crippen LogP contribution in [0, 0.1) is 5.92 Å². The van der Waals surface area contributed by atoms with E-state index >= 15 is 0 Å². The van der Waals surface area contributed by atoms with Crippen LogP contribution in [0.5, 0.6) is 0 Å². The van der Waals surface area contributed by atoms with Crippen LogP contribution in [-0.4, -0.2) is 54.8 Å². The highest BCUT2D eigenvalue weighted by Gasteiger charge is 2.58. The third-order valence-corrected chi connectivity index (χ3v) is 5.53. The number of sulfone groups is 1. The second-order valence-corrected chi connectivity index (χ2v) is 9.20. The van der Waals surface area contributed by atoms with Gasteiger partial charge < -0.3 is 10.2 Å². The van der Waals surface area contributed by atoms with Gasteiger partial charge in [-0.05, 0) is 46.0 Å². The molecule has 1 saturated carbocycles. The zero-order valence-corrected chi connectivity index (χ0v) is 13.9. The molecule has 7 heteroatoms. The number of hydrogen-bond acceptors (Lipinski definition) is 4. The molecule has 2 aliphatic rings. The molecule has 0 spiro atoms. The first kappa shape index (κ1) is 16.3. The number of nitrogens with zero attached hydrogens (tertiary/aromatic N) is 1. The topological polar surface area (TPSA) is 83.6 Å². The predicted molar refractivity (Wildman–Crippen MR) is 79.4 cm³/mol. The van der Waals surface area contributed by atoms with Crippen LogP contribution in [0.4, 0.5) is 0 Å². The van der Waals surface area contributed by atoms with Gasteiger partial charge in [0, 0.05) is 12.8 Å². The number of rotatable bonds is 5. The Morgan fingerprint density at radius 3 is 2.29 bits per heavy atom. The van der Waals surface area contributed by atoms with Crippen molar-refractivity contribution in [2.24, 2.45) is 5.92 Å². The number of nitrogens with one attached hydrogen (secondary N) is 1. The molecule has 120 valence electrons. The fraction of sp³-hybridized carbons (Fsp3) is 0.857. The van der Waals surface area contributed by atoms with Gasteiger partial charge in [0.2, 0.25) is 11.8 Å². The zero-order valence-electron chi connectivity index (χ0n) is 13.1. The highest BCUT2D eigenvalue weighted by molar-refractivity contribution is 7.90. The molecular formula is C14H24N2O4S. The summed E-state index contributed by atoms with van der Waals surface area (Å²) in [6.07, 6.45) is 3.40. The third-order valence-electron chi connectivity index (χ3n) is 4.50. The van der Waals surface area contributed by atoms with Crippen molar-refractivity contribution < 1.29 is 18.0 Å². The molecule has 0 aromatic heterocycles. The van der Waals surface area contributed by atoms with E-state index in [9.17, 15) is 18.0 Å². The van der Waals surface area contributed by atoms with Crippen LogP contribution in [0.3, 0.4) is 0 Å². The molecule has 1 aliphatic carbocycles. The van der Waals surface area contributed by atoms with E-state index < -0.39 is 20.9 Å². The van der Waals surface area contributed by atoms with Gasteiger partial charge in [0.25, 0.3) is 0 Å². The van der Waals surface area contributed by atoms with E-state index in [1.54, 1.807) is 25.7 Å². The zero-order chi connectivity index (χ0) is 16.1. The Kier molecular flexibility index (Phi) is 3.85. The first-order valence-electron chi connectivity index (χ1n) is 7.31. The quantitative estimate of drug-likeness (QED) is 0.792. The summed E-state index contributed by atoms with van der Waals surface area (Å²) >= 11 is 0. The molecule has 0 aromatic carbocycles. The lowest BCUT2D eigenvalue weighted by atomic mass is 9.84. The van der Waals surface area contributed by atoms with Gasteiger partial charge in [-0.15, -0.1) is 0 Å². The summed E-state index contributed by atoms with van der Waals surface area (Å²) in [6, 6.07) is 0. The first-order valence-corrected chi connectivity index (χ1v) is 9.37. The summed E-state index contributed by atoms with van der Waals surface area (Å²) in [5.41, 5.74) is -1.78. The molecule has 2 amide bonds. The number of carbonyl (C=O) groups excluding carboxylic acids is 2. The number of carbonyl (C=O) groups is 2. The van der Waals surface area contributed by atoms with Crippen molar-refractivity contribution in [1.82, 2.24) is 10.2 Å². The van der Waals surface area contributed by atoms with E-state index in [1.807, 2.05) is 0 Å². The lowest BCUT2D eigenvalue weighted by Crippen LogP contribution is -2.74. The van der Waals surface area contributed by atoms with E-state index in [-0.39, 0.29) is 23.5 Å². The maximum atomic E-state index is 12.7. The van der Waals surface area contributed by atoms with Gasteiger partial charge in [0.15, 0.2) is 0 Å². The lowest BCUT2D eigenvalue weighted by molar-refractivity contribution is -0.162. The van der Waals surface area contributed by atoms with E-state index in [0.717, 1.165) is 12.8 Å². The van der Waals surface area contributed by atoms with E-state index in [1.165, 1.54) is 6.26 Å². The number of hydrogen-bond donors (Lipinski definition) is 1. The number of piperazine rings is 1. The van der Waals surface area contributed by atoms with Gasteiger partial charge >= 0.3 is 0 Å². The van der Waals surface area contributed by atoms with Gasteiger partial charge in [-0.1, -0.05) is 0 Å². The highest BCUT2D eigenvalue weighted by Crippen LogP contribution is 2.45. The Labute approximate surface area is 126 Å². The van der Waals surface area contributed by atoms with Crippen molar-refractivity contribution in [2.45, 2.75) is 51.1 Å². The minimum Gasteiger partial charge on any atom is -0.340 e. The Morgan fingerprint density at radius 2 is 1.81 bits per heavy atom. The van der Waals surface area contributed by atoms with Gasteiger partial charge in [-0.25, -0.2) is 8.42 Å². The maximum Gasteiger partial charge on any atom is 0.248 e. The average molecular weight is 316 g/mol. The molecule has 0 bridgehead atoms. The molecule has 2 fully saturated rings. The fourth-order valence-corrected chi connectivity index (χ4v) is 3.66. The summed E-state index contributed by atoms with van der Waals surface area (Å²) in [5.74, 6) is -0.0608. The standard InChI is InChI=1S/C14H24N2O4S/c1-13(2)12(18)16(8-5-9-21(4,19)20)14(3,10-6-7-10)11(17)15-13/h10H,5-9H2,1-4H3,(H,15,17). The van der Waals surface area contributed by atoms with Crippen molar-refractivity contribution in [3.63, 3.8) is 0 Å². The molecule has 0 radical (unpaired) electrons. The molecule has 1 aliphatic heterocycles. The van der Waals surface area contributed by atoms with Crippen molar-refractivity contribution in [2.75, 3.05) is 18.6 Å². The Hall–Kier alpha value is -1.11. The molecule has 0 aromatic rings. The third kappa shape index (κ3) is 3.07. The van der Waals surface area contributed by atoms with Crippen molar-refractivity contribution in [1.29, 1.82) is 0 Å². The van der Waals surface area contributed by atoms with E-state index in [4.69, 9.17) is 0 Å². The summed E-state index contributed by atoms with van der Waals surface area (Å²) in [4.78, 5) is 26.8. The van der Waals surface area contributed by atoms with Crippen LogP contribution in [-0.2, 0) is 19.4 Å². The summed E-state index contributed by atoms with van der Waals surface area (Å²) < 4.78 is 22.5. The first-order chi connectivity index (χ1) is 9.48. The highest BCUT2D eigenvalue weighted by atomic mass is 32.2. The number of amides is 2. The van der Waals surface area contributed by atoms with Crippen molar-refractivity contribution >= 4 is 21.7 Å². The molecular weight excluding hydrogens is 292 g/mol. The molecule has 1 saturated heterocycles. The van der Waals surface area contributed by atoms with Crippen molar-refractivity contribution in [3.8, 4) is 0 Å². The molecule has 1 unspecified atom stereocenters. The normalized spacial score (nSPS) is 29.4. The van der Waals surface area contributed by atoms with Crippen molar-refractivity contribution in [3.05, 3.63) is 0 Å². The van der Waals surface area contributed by atoms with Gasteiger partial charge in [0.1, 0.15) is 20.9 Å². The molecule has 1 heterocycles. The fourth-order valence-electron chi connectivity index (χ4n) is 3.00. The minimum atomic E-state index is -3.07. The Bertz CT molecular complexity index is 566. The monoisotopic (exact) mass is 316 g/mol. The largest absolute Gasteiger partial charge is 0.340 e. The second kappa shape index (κ2) is 4.97. The van der Waals surface area contributed by atoms with Crippen LogP contribution < -0.4 is 5.32 Å². The van der Waals surface area contributed by atoms with Gasteiger partial charge in [-0.3, -0.25) is 9.59 Å². The molecule has 21 heavy (non-hydrogen) atoms. The summed E-state index contributed by atoms with van der Waals surface area (Å²) in [5, 5.41) is 2.81. The van der Waals surface area contributed by atoms with Gasteiger partial charge in [0.05, 0.1) is 5.75 Å². The van der Waals surface area contributed by atoms with Gasteiger partial charge in [-0.2, -0.15) is 0 Å². The average Bonchev–Trinajstić information content (AvgIpc) is 3.13. The van der Waals surface area contributed by atoms with E-state index in [0.29, 0.717) is 13.0 Å². The second-order valence-electron chi connectivity index (χ2n) is 6.94. The summed E-state index contributed by atoms with van der Waals surface area (Å²) in [6.45, 7) is 5.47.